The zero-order valence-corrected chi connectivity index (χ0v) is 17.0. The van der Waals surface area contributed by atoms with Crippen molar-refractivity contribution in [2.45, 2.75) is 19.3 Å². The lowest BCUT2D eigenvalue weighted by Crippen LogP contribution is -2.37. The second kappa shape index (κ2) is 9.40. The summed E-state index contributed by atoms with van der Waals surface area (Å²) in [6.45, 7) is 1.11. The molecule has 3 aromatic carbocycles. The molecule has 0 aliphatic carbocycles. The van der Waals surface area contributed by atoms with Gasteiger partial charge in [0.25, 0.3) is 0 Å². The highest BCUT2D eigenvalue weighted by atomic mass is 16.2. The molecule has 1 heterocycles. The SMILES string of the molecule is O=C(NCCc1ccccc1)[C@H]1CCN(c2ccccc2Cc2ccccc2)C1=O. The van der Waals surface area contributed by atoms with Gasteiger partial charge >= 0.3 is 0 Å². The van der Waals surface area contributed by atoms with Gasteiger partial charge in [0.05, 0.1) is 0 Å². The van der Waals surface area contributed by atoms with E-state index in [1.807, 2.05) is 66.7 Å². The van der Waals surface area contributed by atoms with Gasteiger partial charge in [0, 0.05) is 18.8 Å². The van der Waals surface area contributed by atoms with Crippen LogP contribution in [0.2, 0.25) is 0 Å². The molecule has 0 aromatic heterocycles. The lowest BCUT2D eigenvalue weighted by atomic mass is 10.0. The van der Waals surface area contributed by atoms with Crippen LogP contribution in [0.15, 0.2) is 84.9 Å². The van der Waals surface area contributed by atoms with Crippen molar-refractivity contribution in [3.8, 4) is 0 Å². The minimum Gasteiger partial charge on any atom is -0.355 e. The predicted molar refractivity (Wildman–Crippen MR) is 119 cm³/mol. The molecule has 152 valence electrons. The van der Waals surface area contributed by atoms with E-state index in [2.05, 4.69) is 23.5 Å². The van der Waals surface area contributed by atoms with Crippen molar-refractivity contribution in [2.24, 2.45) is 5.92 Å². The number of nitrogens with one attached hydrogen (secondary N) is 1. The van der Waals surface area contributed by atoms with E-state index < -0.39 is 5.92 Å². The normalized spacial score (nSPS) is 15.9. The summed E-state index contributed by atoms with van der Waals surface area (Å²) in [4.78, 5) is 27.5. The van der Waals surface area contributed by atoms with Gasteiger partial charge in [-0.3, -0.25) is 9.59 Å². The van der Waals surface area contributed by atoms with E-state index in [1.165, 1.54) is 11.1 Å². The number of hydrogen-bond acceptors (Lipinski definition) is 2. The molecule has 0 spiro atoms. The van der Waals surface area contributed by atoms with Crippen LogP contribution in [0.1, 0.15) is 23.1 Å². The van der Waals surface area contributed by atoms with Gasteiger partial charge in [-0.2, -0.15) is 0 Å². The minimum atomic E-state index is -0.606. The van der Waals surface area contributed by atoms with Crippen LogP contribution < -0.4 is 10.2 Å². The number of benzene rings is 3. The lowest BCUT2D eigenvalue weighted by molar-refractivity contribution is -0.132. The van der Waals surface area contributed by atoms with Crippen molar-refractivity contribution in [3.05, 3.63) is 102 Å². The summed E-state index contributed by atoms with van der Waals surface area (Å²) in [5.41, 5.74) is 4.38. The molecule has 0 bridgehead atoms. The van der Waals surface area contributed by atoms with E-state index in [9.17, 15) is 9.59 Å². The fraction of sp³-hybridized carbons (Fsp3) is 0.231. The maximum Gasteiger partial charge on any atom is 0.239 e. The monoisotopic (exact) mass is 398 g/mol. The molecule has 1 aliphatic heterocycles. The van der Waals surface area contributed by atoms with Crippen LogP contribution in [0.5, 0.6) is 0 Å². The number of rotatable bonds is 7. The Morgan fingerprint density at radius 2 is 1.50 bits per heavy atom. The molecule has 4 rings (SSSR count). The molecule has 2 amide bonds. The van der Waals surface area contributed by atoms with Gasteiger partial charge in [0.1, 0.15) is 5.92 Å². The fourth-order valence-corrected chi connectivity index (χ4v) is 4.00. The number of hydrogen-bond donors (Lipinski definition) is 1. The van der Waals surface area contributed by atoms with Gasteiger partial charge in [0.2, 0.25) is 11.8 Å². The predicted octanol–water partition coefficient (Wildman–Crippen LogP) is 3.99. The van der Waals surface area contributed by atoms with Crippen LogP contribution >= 0.6 is 0 Å². The number of anilines is 1. The van der Waals surface area contributed by atoms with Gasteiger partial charge in [-0.25, -0.2) is 0 Å². The quantitative estimate of drug-likeness (QED) is 0.612. The molecule has 3 aromatic rings. The Hall–Kier alpha value is -3.40. The van der Waals surface area contributed by atoms with Crippen LogP contribution in [-0.2, 0) is 22.4 Å². The molecule has 0 unspecified atom stereocenters. The topological polar surface area (TPSA) is 49.4 Å². The van der Waals surface area contributed by atoms with Gasteiger partial charge in [-0.1, -0.05) is 78.9 Å². The van der Waals surface area contributed by atoms with Crippen molar-refractivity contribution in [1.29, 1.82) is 0 Å². The summed E-state index contributed by atoms with van der Waals surface area (Å²) in [7, 11) is 0. The third-order valence-electron chi connectivity index (χ3n) is 5.60. The standard InChI is InChI=1S/C26H26N2O2/c29-25(27-17-15-20-9-3-1-4-10-20)23-16-18-28(26(23)30)24-14-8-7-13-22(24)19-21-11-5-2-6-12-21/h1-14,23H,15-19H2,(H,27,29)/t23-/m1/s1. The zero-order chi connectivity index (χ0) is 20.8. The second-order valence-corrected chi connectivity index (χ2v) is 7.65. The van der Waals surface area contributed by atoms with Crippen molar-refractivity contribution in [1.82, 2.24) is 5.32 Å². The number of nitrogens with zero attached hydrogens (tertiary/aromatic N) is 1. The van der Waals surface area contributed by atoms with Gasteiger partial charge in [0.15, 0.2) is 0 Å². The Kier molecular flexibility index (Phi) is 6.23. The van der Waals surface area contributed by atoms with Gasteiger partial charge in [-0.05, 0) is 42.0 Å². The van der Waals surface area contributed by atoms with E-state index >= 15 is 0 Å². The molecular weight excluding hydrogens is 372 g/mol. The first-order valence-corrected chi connectivity index (χ1v) is 10.5. The molecule has 1 N–H and O–H groups in total. The van der Waals surface area contributed by atoms with E-state index in [1.54, 1.807) is 4.90 Å². The molecule has 30 heavy (non-hydrogen) atoms. The third-order valence-corrected chi connectivity index (χ3v) is 5.60. The number of carbonyl (C=O) groups is 2. The Labute approximate surface area is 177 Å². The molecular formula is C26H26N2O2. The lowest BCUT2D eigenvalue weighted by Gasteiger charge is -2.20. The summed E-state index contributed by atoms with van der Waals surface area (Å²) >= 11 is 0. The maximum absolute atomic E-state index is 13.1. The Bertz CT molecular complexity index is 1000. The summed E-state index contributed by atoms with van der Waals surface area (Å²) in [6, 6.07) is 28.2. The van der Waals surface area contributed by atoms with Crippen LogP contribution in [-0.4, -0.2) is 24.9 Å². The summed E-state index contributed by atoms with van der Waals surface area (Å²) in [6.07, 6.45) is 2.07. The van der Waals surface area contributed by atoms with Crippen molar-refractivity contribution in [3.63, 3.8) is 0 Å². The zero-order valence-electron chi connectivity index (χ0n) is 17.0. The Balaban J connectivity index is 1.40. The molecule has 1 saturated heterocycles. The highest BCUT2D eigenvalue weighted by Gasteiger charge is 2.38. The average molecular weight is 399 g/mol. The summed E-state index contributed by atoms with van der Waals surface area (Å²) < 4.78 is 0. The highest BCUT2D eigenvalue weighted by Crippen LogP contribution is 2.29. The summed E-state index contributed by atoms with van der Waals surface area (Å²) in [5, 5.41) is 2.94. The van der Waals surface area contributed by atoms with E-state index in [4.69, 9.17) is 0 Å². The molecule has 1 atom stereocenters. The van der Waals surface area contributed by atoms with Crippen molar-refractivity contribution < 1.29 is 9.59 Å². The molecule has 4 heteroatoms. The highest BCUT2D eigenvalue weighted by molar-refractivity contribution is 6.09. The van der Waals surface area contributed by atoms with Crippen LogP contribution in [0.4, 0.5) is 5.69 Å². The Morgan fingerprint density at radius 3 is 2.23 bits per heavy atom. The first-order valence-electron chi connectivity index (χ1n) is 10.5. The smallest absolute Gasteiger partial charge is 0.239 e. The molecule has 1 fully saturated rings. The van der Waals surface area contributed by atoms with Crippen LogP contribution in [0, 0.1) is 5.92 Å². The molecule has 4 nitrogen and oxygen atoms in total. The van der Waals surface area contributed by atoms with Crippen LogP contribution in [0.3, 0.4) is 0 Å². The number of para-hydroxylation sites is 1. The largest absolute Gasteiger partial charge is 0.355 e. The first-order chi connectivity index (χ1) is 14.7. The van der Waals surface area contributed by atoms with E-state index in [0.29, 0.717) is 19.5 Å². The third kappa shape index (κ3) is 4.60. The second-order valence-electron chi connectivity index (χ2n) is 7.65. The summed E-state index contributed by atoms with van der Waals surface area (Å²) in [5.74, 6) is -0.878. The molecule has 1 aliphatic rings. The Morgan fingerprint density at radius 1 is 0.867 bits per heavy atom. The first kappa shape index (κ1) is 19.9. The van der Waals surface area contributed by atoms with Crippen molar-refractivity contribution >= 4 is 17.5 Å². The van der Waals surface area contributed by atoms with Crippen LogP contribution in [0.25, 0.3) is 0 Å². The number of carbonyl (C=O) groups excluding carboxylic acids is 2. The van der Waals surface area contributed by atoms with E-state index in [0.717, 1.165) is 24.1 Å². The van der Waals surface area contributed by atoms with Gasteiger partial charge in [-0.15, -0.1) is 0 Å². The minimum absolute atomic E-state index is 0.104. The maximum atomic E-state index is 13.1. The molecule has 0 radical (unpaired) electrons. The van der Waals surface area contributed by atoms with Gasteiger partial charge < -0.3 is 10.2 Å². The molecule has 0 saturated carbocycles. The fourth-order valence-electron chi connectivity index (χ4n) is 4.00. The van der Waals surface area contributed by atoms with Crippen molar-refractivity contribution in [2.75, 3.05) is 18.0 Å². The number of amides is 2. The average Bonchev–Trinajstić information content (AvgIpc) is 3.17. The van der Waals surface area contributed by atoms with E-state index in [-0.39, 0.29) is 11.8 Å².